The van der Waals surface area contributed by atoms with Crippen LogP contribution in [0.3, 0.4) is 0 Å². The van der Waals surface area contributed by atoms with Crippen molar-refractivity contribution in [2.45, 2.75) is 62.4 Å². The van der Waals surface area contributed by atoms with Gasteiger partial charge in [0.2, 0.25) is 0 Å². The average Bonchev–Trinajstić information content (AvgIpc) is 2.24. The molecule has 0 amide bonds. The van der Waals surface area contributed by atoms with E-state index in [4.69, 9.17) is 5.73 Å². The largest absolute Gasteiger partial charge is 0.389 e. The summed E-state index contributed by atoms with van der Waals surface area (Å²) in [5.74, 6) is 0.667. The molecule has 0 bridgehead atoms. The van der Waals surface area contributed by atoms with Gasteiger partial charge in [-0.25, -0.2) is 0 Å². The molecule has 5 heteroatoms. The normalized spacial score (nSPS) is 21.0. The molecule has 2 N–H and O–H groups in total. The Morgan fingerprint density at radius 3 is 2.38 bits per heavy atom. The maximum Gasteiger partial charge on any atom is 0.389 e. The summed E-state index contributed by atoms with van der Waals surface area (Å²) in [4.78, 5) is 0. The zero-order valence-electron chi connectivity index (χ0n) is 9.43. The second-order valence-corrected chi connectivity index (χ2v) is 5.84. The van der Waals surface area contributed by atoms with Crippen molar-refractivity contribution in [1.29, 1.82) is 0 Å². The molecule has 0 aromatic heterocycles. The molecular formula is C11H20F3NS. The van der Waals surface area contributed by atoms with Gasteiger partial charge >= 0.3 is 6.18 Å². The van der Waals surface area contributed by atoms with Gasteiger partial charge in [0, 0.05) is 23.5 Å². The van der Waals surface area contributed by atoms with Gasteiger partial charge in [0.25, 0.3) is 0 Å². The molecule has 16 heavy (non-hydrogen) atoms. The molecule has 0 aromatic rings. The van der Waals surface area contributed by atoms with Crippen LogP contribution in [-0.2, 0) is 0 Å². The summed E-state index contributed by atoms with van der Waals surface area (Å²) in [5.41, 5.74) is 5.68. The van der Waals surface area contributed by atoms with E-state index in [9.17, 15) is 13.2 Å². The number of thioether (sulfide) groups is 1. The molecule has 96 valence electrons. The summed E-state index contributed by atoms with van der Waals surface area (Å²) in [6.07, 6.45) is 1.48. The van der Waals surface area contributed by atoms with Gasteiger partial charge in [-0.2, -0.15) is 24.9 Å². The first kappa shape index (κ1) is 14.2. The number of rotatable bonds is 5. The molecule has 0 radical (unpaired) electrons. The van der Waals surface area contributed by atoms with Crippen LogP contribution in [-0.4, -0.2) is 23.2 Å². The van der Waals surface area contributed by atoms with E-state index in [0.717, 1.165) is 0 Å². The molecule has 0 spiro atoms. The van der Waals surface area contributed by atoms with Gasteiger partial charge < -0.3 is 5.73 Å². The predicted molar refractivity (Wildman–Crippen MR) is 62.6 cm³/mol. The first-order chi connectivity index (χ1) is 7.47. The van der Waals surface area contributed by atoms with Crippen molar-refractivity contribution in [2.75, 3.05) is 5.75 Å². The van der Waals surface area contributed by atoms with E-state index >= 15 is 0 Å². The van der Waals surface area contributed by atoms with E-state index in [0.29, 0.717) is 11.0 Å². The Bertz CT molecular complexity index is 190. The second kappa shape index (κ2) is 6.74. The number of alkyl halides is 3. The van der Waals surface area contributed by atoms with Gasteiger partial charge in [-0.05, 0) is 19.3 Å². The van der Waals surface area contributed by atoms with E-state index < -0.39 is 12.6 Å². The molecular weight excluding hydrogens is 235 g/mol. The highest BCUT2D eigenvalue weighted by Crippen LogP contribution is 2.29. The van der Waals surface area contributed by atoms with Gasteiger partial charge in [-0.15, -0.1) is 0 Å². The molecule has 0 heterocycles. The van der Waals surface area contributed by atoms with Gasteiger partial charge in [-0.3, -0.25) is 0 Å². The smallest absolute Gasteiger partial charge is 0.327 e. The van der Waals surface area contributed by atoms with Crippen molar-refractivity contribution >= 4 is 11.8 Å². The highest BCUT2D eigenvalue weighted by molar-refractivity contribution is 7.99. The lowest BCUT2D eigenvalue weighted by molar-refractivity contribution is -0.136. The fraction of sp³-hybridized carbons (Fsp3) is 1.00. The monoisotopic (exact) mass is 255 g/mol. The number of hydrogen-bond acceptors (Lipinski definition) is 2. The van der Waals surface area contributed by atoms with Gasteiger partial charge in [-0.1, -0.05) is 19.3 Å². The van der Waals surface area contributed by atoms with Crippen LogP contribution in [0.25, 0.3) is 0 Å². The Balaban J connectivity index is 2.07. The molecule has 1 atom stereocenters. The Kier molecular flexibility index (Phi) is 5.97. The quantitative estimate of drug-likeness (QED) is 0.810. The number of nitrogens with two attached hydrogens (primary N) is 1. The molecule has 0 saturated heterocycles. The zero-order chi connectivity index (χ0) is 12.0. The highest BCUT2D eigenvalue weighted by atomic mass is 32.2. The van der Waals surface area contributed by atoms with E-state index in [1.54, 1.807) is 11.8 Å². The summed E-state index contributed by atoms with van der Waals surface area (Å²) in [6, 6.07) is -0.312. The SMILES string of the molecule is NC(CCC(F)(F)F)CSC1CCCCC1. The maximum atomic E-state index is 11.9. The van der Waals surface area contributed by atoms with E-state index in [-0.39, 0.29) is 12.5 Å². The standard InChI is InChI=1S/C11H20F3NS/c12-11(13,14)7-6-9(15)8-16-10-4-2-1-3-5-10/h9-10H,1-8,15H2. The van der Waals surface area contributed by atoms with Crippen molar-refractivity contribution < 1.29 is 13.2 Å². The first-order valence-corrected chi connectivity index (χ1v) is 6.96. The van der Waals surface area contributed by atoms with Crippen LogP contribution in [0.2, 0.25) is 0 Å². The van der Waals surface area contributed by atoms with Crippen molar-refractivity contribution in [2.24, 2.45) is 5.73 Å². The van der Waals surface area contributed by atoms with Gasteiger partial charge in [0.15, 0.2) is 0 Å². The molecule has 1 aliphatic carbocycles. The lowest BCUT2D eigenvalue weighted by Crippen LogP contribution is -2.26. The second-order valence-electron chi connectivity index (χ2n) is 4.51. The summed E-state index contributed by atoms with van der Waals surface area (Å²) in [5, 5.41) is 0.630. The first-order valence-electron chi connectivity index (χ1n) is 5.91. The van der Waals surface area contributed by atoms with Crippen LogP contribution in [0.15, 0.2) is 0 Å². The summed E-state index contributed by atoms with van der Waals surface area (Å²) < 4.78 is 35.8. The lowest BCUT2D eigenvalue weighted by Gasteiger charge is -2.22. The van der Waals surface area contributed by atoms with Crippen molar-refractivity contribution in [1.82, 2.24) is 0 Å². The molecule has 1 rings (SSSR count). The summed E-state index contributed by atoms with van der Waals surface area (Å²) in [7, 11) is 0. The topological polar surface area (TPSA) is 26.0 Å². The van der Waals surface area contributed by atoms with Crippen LogP contribution >= 0.6 is 11.8 Å². The Morgan fingerprint density at radius 1 is 1.19 bits per heavy atom. The van der Waals surface area contributed by atoms with Crippen molar-refractivity contribution in [3.8, 4) is 0 Å². The van der Waals surface area contributed by atoms with Gasteiger partial charge in [0.1, 0.15) is 0 Å². The van der Waals surface area contributed by atoms with Crippen molar-refractivity contribution in [3.05, 3.63) is 0 Å². The number of halogens is 3. The summed E-state index contributed by atoms with van der Waals surface area (Å²) >= 11 is 1.76. The Morgan fingerprint density at radius 2 is 1.81 bits per heavy atom. The molecule has 1 saturated carbocycles. The number of hydrogen-bond donors (Lipinski definition) is 1. The fourth-order valence-electron chi connectivity index (χ4n) is 1.92. The van der Waals surface area contributed by atoms with Crippen LogP contribution < -0.4 is 5.73 Å². The summed E-state index contributed by atoms with van der Waals surface area (Å²) in [6.45, 7) is 0. The van der Waals surface area contributed by atoms with Crippen LogP contribution in [0, 0.1) is 0 Å². The molecule has 0 aromatic carbocycles. The van der Waals surface area contributed by atoms with E-state index in [1.807, 2.05) is 0 Å². The molecule has 1 fully saturated rings. The molecule has 1 nitrogen and oxygen atoms in total. The Hall–Kier alpha value is 0.100. The minimum atomic E-state index is -4.06. The third-order valence-corrected chi connectivity index (χ3v) is 4.46. The van der Waals surface area contributed by atoms with E-state index in [2.05, 4.69) is 0 Å². The maximum absolute atomic E-state index is 11.9. The lowest BCUT2D eigenvalue weighted by atomic mass is 10.0. The van der Waals surface area contributed by atoms with E-state index in [1.165, 1.54) is 32.1 Å². The van der Waals surface area contributed by atoms with Gasteiger partial charge in [0.05, 0.1) is 0 Å². The fourth-order valence-corrected chi connectivity index (χ4v) is 3.28. The van der Waals surface area contributed by atoms with Crippen LogP contribution in [0.4, 0.5) is 13.2 Å². The third-order valence-electron chi connectivity index (χ3n) is 2.90. The zero-order valence-corrected chi connectivity index (χ0v) is 10.2. The minimum Gasteiger partial charge on any atom is -0.327 e. The molecule has 0 aliphatic heterocycles. The third kappa shape index (κ3) is 6.63. The predicted octanol–water partition coefficient (Wildman–Crippen LogP) is 3.72. The minimum absolute atomic E-state index is 0.0588. The van der Waals surface area contributed by atoms with Crippen LogP contribution in [0.5, 0.6) is 0 Å². The van der Waals surface area contributed by atoms with Crippen molar-refractivity contribution in [3.63, 3.8) is 0 Å². The molecule has 1 unspecified atom stereocenters. The van der Waals surface area contributed by atoms with Crippen LogP contribution in [0.1, 0.15) is 44.9 Å². The highest BCUT2D eigenvalue weighted by Gasteiger charge is 2.27. The average molecular weight is 255 g/mol. The molecule has 1 aliphatic rings. The Labute approximate surface area is 99.3 Å².